The Morgan fingerprint density at radius 3 is 2.10 bits per heavy atom. The zero-order valence-corrected chi connectivity index (χ0v) is 28.1. The second-order valence-corrected chi connectivity index (χ2v) is 13.5. The number of aliphatic imine (C=N–C) groups is 1. The summed E-state index contributed by atoms with van der Waals surface area (Å²) in [6, 6.07) is 59.7. The van der Waals surface area contributed by atoms with Gasteiger partial charge in [0.2, 0.25) is 0 Å². The maximum absolute atomic E-state index is 6.89. The Morgan fingerprint density at radius 1 is 0.538 bits per heavy atom. The molecule has 1 unspecified atom stereocenters. The van der Waals surface area contributed by atoms with Gasteiger partial charge in [-0.3, -0.25) is 0 Å². The van der Waals surface area contributed by atoms with Crippen LogP contribution >= 0.6 is 0 Å². The highest BCUT2D eigenvalue weighted by molar-refractivity contribution is 6.17. The molecule has 4 nitrogen and oxygen atoms in total. The summed E-state index contributed by atoms with van der Waals surface area (Å²) in [6.45, 7) is 0. The van der Waals surface area contributed by atoms with Gasteiger partial charge in [-0.25, -0.2) is 0 Å². The monoisotopic (exact) mass is 664 g/mol. The number of nitrogens with zero attached hydrogens (tertiary/aromatic N) is 3. The van der Waals surface area contributed by atoms with Gasteiger partial charge in [0.05, 0.1) is 16.7 Å². The smallest absolute Gasteiger partial charge is 0.159 e. The SMILES string of the molecule is C1=C(c2cccc3ccccc23)N=C(c2ccccc2)[N-]C1c1ccc(-n2c3ccccc3c3cc4ccccc4cc32)c2oc3ccccc3c12. The summed E-state index contributed by atoms with van der Waals surface area (Å²) in [5.41, 5.74) is 9.05. The van der Waals surface area contributed by atoms with E-state index in [0.29, 0.717) is 0 Å². The highest BCUT2D eigenvalue weighted by atomic mass is 16.3. The van der Waals surface area contributed by atoms with E-state index in [9.17, 15) is 0 Å². The van der Waals surface area contributed by atoms with Gasteiger partial charge in [-0.2, -0.15) is 0 Å². The van der Waals surface area contributed by atoms with Crippen molar-refractivity contribution in [3.05, 3.63) is 198 Å². The van der Waals surface area contributed by atoms with Gasteiger partial charge < -0.3 is 19.3 Å². The molecule has 0 spiro atoms. The van der Waals surface area contributed by atoms with Gasteiger partial charge in [0.25, 0.3) is 0 Å². The van der Waals surface area contributed by atoms with E-state index in [1.54, 1.807) is 0 Å². The van der Waals surface area contributed by atoms with Crippen molar-refractivity contribution in [2.24, 2.45) is 4.99 Å². The molecule has 0 saturated carbocycles. The Hall–Kier alpha value is -6.91. The first kappa shape index (κ1) is 28.9. The largest absolute Gasteiger partial charge is 0.454 e. The van der Waals surface area contributed by atoms with Gasteiger partial charge in [-0.05, 0) is 74.3 Å². The number of benzene rings is 8. The topological polar surface area (TPSA) is 44.5 Å². The summed E-state index contributed by atoms with van der Waals surface area (Å²) in [6.07, 6.45) is 2.22. The normalized spacial score (nSPS) is 14.7. The molecule has 3 heterocycles. The van der Waals surface area contributed by atoms with Crippen LogP contribution in [0.4, 0.5) is 0 Å². The van der Waals surface area contributed by atoms with Crippen molar-refractivity contribution in [1.82, 2.24) is 4.57 Å². The summed E-state index contributed by atoms with van der Waals surface area (Å²) in [7, 11) is 0. The van der Waals surface area contributed by atoms with E-state index in [1.165, 1.54) is 32.3 Å². The molecule has 1 aliphatic heterocycles. The fourth-order valence-corrected chi connectivity index (χ4v) is 8.16. The fraction of sp³-hybridized carbons (Fsp3) is 0.0208. The molecule has 2 aromatic heterocycles. The second-order valence-electron chi connectivity index (χ2n) is 13.5. The zero-order valence-electron chi connectivity index (χ0n) is 28.1. The number of hydrogen-bond donors (Lipinski definition) is 0. The summed E-state index contributed by atoms with van der Waals surface area (Å²) < 4.78 is 9.26. The summed E-state index contributed by atoms with van der Waals surface area (Å²) in [4.78, 5) is 5.21. The van der Waals surface area contributed by atoms with E-state index >= 15 is 0 Å². The fourth-order valence-electron chi connectivity index (χ4n) is 8.16. The molecule has 0 amide bonds. The standard InChI is InChI=1S/C48H30N3O/c1-2-14-31(15-3-1)48-49-40(35-22-12-18-30-13-6-7-19-34(30)35)29-41(50-48)37-25-26-43(47-46(37)38-21-9-11-24-45(38)52-47)51-42-23-10-8-20-36(42)39-27-32-16-4-5-17-33(32)28-44(39)51/h1-29,41H/q-1. The molecule has 8 aromatic carbocycles. The van der Waals surface area contributed by atoms with Crippen molar-refractivity contribution < 1.29 is 4.42 Å². The number of aromatic nitrogens is 1. The Bertz CT molecular complexity index is 3100. The average Bonchev–Trinajstić information content (AvgIpc) is 3.76. The maximum atomic E-state index is 6.89. The van der Waals surface area contributed by atoms with Crippen molar-refractivity contribution in [2.75, 3.05) is 0 Å². The third-order valence-electron chi connectivity index (χ3n) is 10.5. The number of hydrogen-bond acceptors (Lipinski definition) is 2. The number of furan rings is 1. The van der Waals surface area contributed by atoms with E-state index in [1.807, 2.05) is 24.3 Å². The Morgan fingerprint density at radius 2 is 1.23 bits per heavy atom. The highest BCUT2D eigenvalue weighted by Crippen LogP contribution is 2.45. The van der Waals surface area contributed by atoms with Gasteiger partial charge in [-0.15, -0.1) is 0 Å². The first-order valence-corrected chi connectivity index (χ1v) is 17.7. The molecule has 4 heteroatoms. The lowest BCUT2D eigenvalue weighted by atomic mass is 9.94. The third-order valence-corrected chi connectivity index (χ3v) is 10.5. The van der Waals surface area contributed by atoms with Crippen LogP contribution in [-0.2, 0) is 0 Å². The molecule has 10 aromatic rings. The van der Waals surface area contributed by atoms with Crippen LogP contribution < -0.4 is 0 Å². The van der Waals surface area contributed by atoms with Crippen LogP contribution in [0.2, 0.25) is 0 Å². The predicted molar refractivity (Wildman–Crippen MR) is 217 cm³/mol. The van der Waals surface area contributed by atoms with E-state index < -0.39 is 0 Å². The Labute approximate surface area is 299 Å². The van der Waals surface area contributed by atoms with Gasteiger partial charge in [0, 0.05) is 27.6 Å². The van der Waals surface area contributed by atoms with Crippen LogP contribution in [0.15, 0.2) is 185 Å². The number of fused-ring (bicyclic) bond motifs is 8. The second kappa shape index (κ2) is 11.3. The Kier molecular flexibility index (Phi) is 6.28. The molecule has 0 radical (unpaired) electrons. The first-order valence-electron chi connectivity index (χ1n) is 17.7. The van der Waals surface area contributed by atoms with Gasteiger partial charge in [-0.1, -0.05) is 151 Å². The summed E-state index contributed by atoms with van der Waals surface area (Å²) in [5, 5.41) is 14.7. The van der Waals surface area contributed by atoms with Crippen LogP contribution in [0, 0.1) is 0 Å². The van der Waals surface area contributed by atoms with Crippen molar-refractivity contribution in [3.63, 3.8) is 0 Å². The van der Waals surface area contributed by atoms with Crippen molar-refractivity contribution in [2.45, 2.75) is 6.04 Å². The van der Waals surface area contributed by atoms with Crippen LogP contribution in [-0.4, -0.2) is 10.4 Å². The molecule has 244 valence electrons. The van der Waals surface area contributed by atoms with Gasteiger partial charge in [0.15, 0.2) is 5.58 Å². The van der Waals surface area contributed by atoms with Gasteiger partial charge >= 0.3 is 0 Å². The van der Waals surface area contributed by atoms with Crippen molar-refractivity contribution in [3.8, 4) is 5.69 Å². The minimum absolute atomic E-state index is 0.304. The lowest BCUT2D eigenvalue weighted by molar-refractivity contribution is 0.666. The van der Waals surface area contributed by atoms with Crippen molar-refractivity contribution >= 4 is 76.8 Å². The average molecular weight is 665 g/mol. The predicted octanol–water partition coefficient (Wildman–Crippen LogP) is 12.9. The van der Waals surface area contributed by atoms with E-state index in [0.717, 1.165) is 66.9 Å². The number of amidine groups is 1. The third kappa shape index (κ3) is 4.38. The minimum Gasteiger partial charge on any atom is -0.454 e. The Balaban J connectivity index is 1.18. The molecule has 0 aliphatic carbocycles. The molecule has 0 bridgehead atoms. The molecule has 52 heavy (non-hydrogen) atoms. The molecule has 11 rings (SSSR count). The van der Waals surface area contributed by atoms with Crippen LogP contribution in [0.3, 0.4) is 0 Å². The molecular weight excluding hydrogens is 635 g/mol. The zero-order chi connectivity index (χ0) is 34.2. The molecule has 0 N–H and O–H groups in total. The first-order chi connectivity index (χ1) is 25.8. The van der Waals surface area contributed by atoms with E-state index in [-0.39, 0.29) is 6.04 Å². The molecule has 1 aliphatic rings. The van der Waals surface area contributed by atoms with Crippen LogP contribution in [0.25, 0.3) is 82.0 Å². The summed E-state index contributed by atoms with van der Waals surface area (Å²) >= 11 is 0. The molecular formula is C48H30N3O-. The highest BCUT2D eigenvalue weighted by Gasteiger charge is 2.23. The minimum atomic E-state index is -0.304. The van der Waals surface area contributed by atoms with Gasteiger partial charge in [0.1, 0.15) is 5.58 Å². The molecule has 0 saturated heterocycles. The lowest BCUT2D eigenvalue weighted by Crippen LogP contribution is -2.11. The molecule has 1 atom stereocenters. The van der Waals surface area contributed by atoms with Crippen LogP contribution in [0.5, 0.6) is 0 Å². The quantitative estimate of drug-likeness (QED) is 0.185. The van der Waals surface area contributed by atoms with E-state index in [4.69, 9.17) is 14.7 Å². The summed E-state index contributed by atoms with van der Waals surface area (Å²) in [5.74, 6) is 0.718. The van der Waals surface area contributed by atoms with Crippen molar-refractivity contribution in [1.29, 1.82) is 0 Å². The number of para-hydroxylation sites is 2. The van der Waals surface area contributed by atoms with Crippen LogP contribution in [0.1, 0.15) is 22.7 Å². The maximum Gasteiger partial charge on any atom is 0.159 e. The lowest BCUT2D eigenvalue weighted by Gasteiger charge is -2.34. The number of rotatable bonds is 4. The molecule has 0 fully saturated rings. The van der Waals surface area contributed by atoms with E-state index in [2.05, 4.69) is 156 Å².